The van der Waals surface area contributed by atoms with Crippen LogP contribution in [0, 0.1) is 5.92 Å². The van der Waals surface area contributed by atoms with Crippen LogP contribution in [-0.2, 0) is 16.0 Å². The molecule has 0 saturated carbocycles. The summed E-state index contributed by atoms with van der Waals surface area (Å²) in [5, 5.41) is 5.62. The molecule has 0 aliphatic rings. The highest BCUT2D eigenvalue weighted by Crippen LogP contribution is 2.13. The molecule has 0 bridgehead atoms. The fourth-order valence-corrected chi connectivity index (χ4v) is 2.10. The van der Waals surface area contributed by atoms with E-state index in [-0.39, 0.29) is 17.7 Å². The Morgan fingerprint density at radius 2 is 1.86 bits per heavy atom. The maximum absolute atomic E-state index is 12.0. The third-order valence-electron chi connectivity index (χ3n) is 3.25. The zero-order chi connectivity index (χ0) is 15.7. The second-order valence-electron chi connectivity index (χ2n) is 5.04. The third kappa shape index (κ3) is 5.95. The van der Waals surface area contributed by atoms with Gasteiger partial charge in [0.2, 0.25) is 11.8 Å². The minimum Gasteiger partial charge on any atom is -0.356 e. The Balaban J connectivity index is 2.57. The maximum Gasteiger partial charge on any atom is 0.228 e. The average Bonchev–Trinajstić information content (AvgIpc) is 2.47. The van der Waals surface area contributed by atoms with Crippen LogP contribution in [0.4, 0.5) is 5.69 Å². The van der Waals surface area contributed by atoms with Gasteiger partial charge in [0.25, 0.3) is 0 Å². The molecule has 1 unspecified atom stereocenters. The lowest BCUT2D eigenvalue weighted by molar-refractivity contribution is -0.120. The molecule has 1 aromatic rings. The van der Waals surface area contributed by atoms with Crippen molar-refractivity contribution < 1.29 is 9.59 Å². The van der Waals surface area contributed by atoms with Gasteiger partial charge < -0.3 is 16.4 Å². The van der Waals surface area contributed by atoms with Crippen LogP contribution in [0.25, 0.3) is 0 Å². The maximum atomic E-state index is 12.0. The predicted molar refractivity (Wildman–Crippen MR) is 84.9 cm³/mol. The standard InChI is InChI=1S/C16H25N3O2/c1-3-5-13(11-17)16(21)19-14-8-6-12(7-9-14)10-15(20)18-4-2/h6-9,13H,3-5,10-11,17H2,1-2H3,(H,18,20)(H,19,21). The lowest BCUT2D eigenvalue weighted by atomic mass is 10.0. The fourth-order valence-electron chi connectivity index (χ4n) is 2.10. The molecule has 1 atom stereocenters. The largest absolute Gasteiger partial charge is 0.356 e. The number of nitrogens with one attached hydrogen (secondary N) is 2. The van der Waals surface area contributed by atoms with E-state index in [1.54, 1.807) is 0 Å². The van der Waals surface area contributed by atoms with Crippen LogP contribution in [0.5, 0.6) is 0 Å². The van der Waals surface area contributed by atoms with Crippen molar-refractivity contribution >= 4 is 17.5 Å². The average molecular weight is 291 g/mol. The van der Waals surface area contributed by atoms with Gasteiger partial charge >= 0.3 is 0 Å². The summed E-state index contributed by atoms with van der Waals surface area (Å²) in [4.78, 5) is 23.5. The van der Waals surface area contributed by atoms with Gasteiger partial charge in [-0.15, -0.1) is 0 Å². The molecule has 0 aromatic heterocycles. The van der Waals surface area contributed by atoms with E-state index in [4.69, 9.17) is 5.73 Å². The van der Waals surface area contributed by atoms with E-state index >= 15 is 0 Å². The van der Waals surface area contributed by atoms with Crippen molar-refractivity contribution in [1.29, 1.82) is 0 Å². The summed E-state index contributed by atoms with van der Waals surface area (Å²) in [6, 6.07) is 7.32. The lowest BCUT2D eigenvalue weighted by Crippen LogP contribution is -2.29. The number of likely N-dealkylation sites (N-methyl/N-ethyl adjacent to an activating group) is 1. The van der Waals surface area contributed by atoms with Crippen molar-refractivity contribution in [2.45, 2.75) is 33.1 Å². The monoisotopic (exact) mass is 291 g/mol. The summed E-state index contributed by atoms with van der Waals surface area (Å²) < 4.78 is 0. The first-order valence-electron chi connectivity index (χ1n) is 7.47. The molecular formula is C16H25N3O2. The Morgan fingerprint density at radius 3 is 2.38 bits per heavy atom. The van der Waals surface area contributed by atoms with E-state index in [1.165, 1.54) is 0 Å². The van der Waals surface area contributed by atoms with Gasteiger partial charge in [0.05, 0.1) is 12.3 Å². The van der Waals surface area contributed by atoms with Gasteiger partial charge in [0.15, 0.2) is 0 Å². The highest BCUT2D eigenvalue weighted by Gasteiger charge is 2.15. The molecule has 1 aromatic carbocycles. The van der Waals surface area contributed by atoms with Crippen molar-refractivity contribution in [2.75, 3.05) is 18.4 Å². The first-order valence-corrected chi connectivity index (χ1v) is 7.47. The van der Waals surface area contributed by atoms with Crippen LogP contribution in [0.2, 0.25) is 0 Å². The summed E-state index contributed by atoms with van der Waals surface area (Å²) in [5.74, 6) is -0.193. The van der Waals surface area contributed by atoms with Gasteiger partial charge in [0.1, 0.15) is 0 Å². The Morgan fingerprint density at radius 1 is 1.19 bits per heavy atom. The molecule has 116 valence electrons. The summed E-state index contributed by atoms with van der Waals surface area (Å²) in [7, 11) is 0. The second-order valence-corrected chi connectivity index (χ2v) is 5.04. The van der Waals surface area contributed by atoms with Crippen molar-refractivity contribution in [3.05, 3.63) is 29.8 Å². The van der Waals surface area contributed by atoms with Crippen LogP contribution >= 0.6 is 0 Å². The molecule has 0 aliphatic heterocycles. The van der Waals surface area contributed by atoms with Gasteiger partial charge in [-0.05, 0) is 31.0 Å². The summed E-state index contributed by atoms with van der Waals surface area (Å²) in [6.45, 7) is 4.91. The molecule has 1 rings (SSSR count). The third-order valence-corrected chi connectivity index (χ3v) is 3.25. The van der Waals surface area contributed by atoms with Gasteiger partial charge in [-0.3, -0.25) is 9.59 Å². The van der Waals surface area contributed by atoms with Crippen molar-refractivity contribution in [3.8, 4) is 0 Å². The van der Waals surface area contributed by atoms with Gasteiger partial charge in [-0.25, -0.2) is 0 Å². The van der Waals surface area contributed by atoms with E-state index in [9.17, 15) is 9.59 Å². The number of carbonyl (C=O) groups is 2. The summed E-state index contributed by atoms with van der Waals surface area (Å²) in [5.41, 5.74) is 7.27. The molecule has 0 aliphatic carbocycles. The number of amides is 2. The number of anilines is 1. The van der Waals surface area contributed by atoms with Crippen LogP contribution < -0.4 is 16.4 Å². The molecule has 2 amide bonds. The Labute approximate surface area is 126 Å². The van der Waals surface area contributed by atoms with Crippen LogP contribution in [-0.4, -0.2) is 24.9 Å². The zero-order valence-electron chi connectivity index (χ0n) is 12.8. The Kier molecular flexibility index (Phi) is 7.46. The predicted octanol–water partition coefficient (Wildman–Crippen LogP) is 1.68. The molecule has 5 heteroatoms. The number of benzene rings is 1. The number of hydrogen-bond acceptors (Lipinski definition) is 3. The smallest absolute Gasteiger partial charge is 0.228 e. The van der Waals surface area contributed by atoms with Crippen molar-refractivity contribution in [2.24, 2.45) is 11.7 Å². The van der Waals surface area contributed by atoms with Gasteiger partial charge in [-0.1, -0.05) is 25.5 Å². The Hall–Kier alpha value is -1.88. The number of rotatable bonds is 8. The first kappa shape index (κ1) is 17.2. The van der Waals surface area contributed by atoms with Crippen molar-refractivity contribution in [3.63, 3.8) is 0 Å². The minimum atomic E-state index is -0.148. The quantitative estimate of drug-likeness (QED) is 0.681. The van der Waals surface area contributed by atoms with E-state index in [0.29, 0.717) is 19.5 Å². The van der Waals surface area contributed by atoms with Crippen LogP contribution in [0.1, 0.15) is 32.3 Å². The van der Waals surface area contributed by atoms with Crippen molar-refractivity contribution in [1.82, 2.24) is 5.32 Å². The minimum absolute atomic E-state index is 0.000396. The van der Waals surface area contributed by atoms with Crippen LogP contribution in [0.3, 0.4) is 0 Å². The van der Waals surface area contributed by atoms with Gasteiger partial charge in [0, 0.05) is 18.8 Å². The SMILES string of the molecule is CCCC(CN)C(=O)Nc1ccc(CC(=O)NCC)cc1. The first-order chi connectivity index (χ1) is 10.1. The highest BCUT2D eigenvalue weighted by molar-refractivity contribution is 5.92. The summed E-state index contributed by atoms with van der Waals surface area (Å²) >= 11 is 0. The van der Waals surface area contributed by atoms with E-state index in [0.717, 1.165) is 24.1 Å². The highest BCUT2D eigenvalue weighted by atomic mass is 16.2. The molecule has 21 heavy (non-hydrogen) atoms. The molecule has 0 fully saturated rings. The van der Waals surface area contributed by atoms with Gasteiger partial charge in [-0.2, -0.15) is 0 Å². The van der Waals surface area contributed by atoms with E-state index in [1.807, 2.05) is 38.1 Å². The fraction of sp³-hybridized carbons (Fsp3) is 0.500. The molecular weight excluding hydrogens is 266 g/mol. The number of carbonyl (C=O) groups excluding carboxylic acids is 2. The Bertz CT molecular complexity index is 457. The normalized spacial score (nSPS) is 11.8. The zero-order valence-corrected chi connectivity index (χ0v) is 12.8. The lowest BCUT2D eigenvalue weighted by Gasteiger charge is -2.14. The van der Waals surface area contributed by atoms with Crippen LogP contribution in [0.15, 0.2) is 24.3 Å². The molecule has 0 heterocycles. The second kappa shape index (κ2) is 9.13. The summed E-state index contributed by atoms with van der Waals surface area (Å²) in [6.07, 6.45) is 2.07. The molecule has 0 saturated heterocycles. The molecule has 0 spiro atoms. The molecule has 4 N–H and O–H groups in total. The molecule has 5 nitrogen and oxygen atoms in total. The van der Waals surface area contributed by atoms with E-state index < -0.39 is 0 Å². The van der Waals surface area contributed by atoms with E-state index in [2.05, 4.69) is 10.6 Å². The number of hydrogen-bond donors (Lipinski definition) is 3. The molecule has 0 radical (unpaired) electrons. The topological polar surface area (TPSA) is 84.2 Å². The number of nitrogens with two attached hydrogens (primary N) is 1.